The molecule has 1 aliphatic rings. The molecule has 0 aromatic heterocycles. The summed E-state index contributed by atoms with van der Waals surface area (Å²) in [5, 5.41) is 6.90. The van der Waals surface area contributed by atoms with E-state index in [1.807, 2.05) is 7.05 Å². The number of guanidine groups is 1. The summed E-state index contributed by atoms with van der Waals surface area (Å²) >= 11 is 0. The highest BCUT2D eigenvalue weighted by atomic mass is 15.2. The van der Waals surface area contributed by atoms with Gasteiger partial charge in [0, 0.05) is 31.7 Å². The molecule has 122 valence electrons. The van der Waals surface area contributed by atoms with Crippen LogP contribution in [0.3, 0.4) is 0 Å². The first-order valence-electron chi connectivity index (χ1n) is 8.25. The van der Waals surface area contributed by atoms with Crippen LogP contribution < -0.4 is 10.6 Å². The molecule has 0 bridgehead atoms. The second kappa shape index (κ2) is 7.63. The molecule has 22 heavy (non-hydrogen) atoms. The van der Waals surface area contributed by atoms with Gasteiger partial charge in [-0.3, -0.25) is 9.89 Å². The van der Waals surface area contributed by atoms with Crippen LogP contribution in [0.15, 0.2) is 35.3 Å². The molecular weight excluding hydrogens is 272 g/mol. The third-order valence-corrected chi connectivity index (χ3v) is 3.95. The van der Waals surface area contributed by atoms with Crippen molar-refractivity contribution in [1.29, 1.82) is 0 Å². The second-order valence-electron chi connectivity index (χ2n) is 7.08. The molecule has 0 amide bonds. The van der Waals surface area contributed by atoms with Crippen LogP contribution in [0.4, 0.5) is 0 Å². The van der Waals surface area contributed by atoms with E-state index in [4.69, 9.17) is 0 Å². The highest BCUT2D eigenvalue weighted by molar-refractivity contribution is 5.80. The van der Waals surface area contributed by atoms with Crippen molar-refractivity contribution in [2.75, 3.05) is 20.1 Å². The monoisotopic (exact) mass is 302 g/mol. The minimum Gasteiger partial charge on any atom is -0.355 e. The van der Waals surface area contributed by atoms with Crippen LogP contribution in [0.2, 0.25) is 0 Å². The summed E-state index contributed by atoms with van der Waals surface area (Å²) in [6.07, 6.45) is 2.54. The lowest BCUT2D eigenvalue weighted by Crippen LogP contribution is -2.50. The van der Waals surface area contributed by atoms with Crippen molar-refractivity contribution in [3.8, 4) is 0 Å². The fourth-order valence-electron chi connectivity index (χ4n) is 2.90. The molecule has 2 N–H and O–H groups in total. The Kier molecular flexibility index (Phi) is 5.83. The SMILES string of the molecule is CN=C(NCC1CCCN1Cc1ccccc1)NC(C)(C)C. The van der Waals surface area contributed by atoms with Gasteiger partial charge in [-0.15, -0.1) is 0 Å². The number of rotatable bonds is 4. The van der Waals surface area contributed by atoms with Crippen LogP contribution in [0, 0.1) is 0 Å². The van der Waals surface area contributed by atoms with Gasteiger partial charge in [-0.2, -0.15) is 0 Å². The first-order valence-corrected chi connectivity index (χ1v) is 8.25. The molecule has 1 aliphatic heterocycles. The Morgan fingerprint density at radius 1 is 1.27 bits per heavy atom. The second-order valence-corrected chi connectivity index (χ2v) is 7.08. The van der Waals surface area contributed by atoms with Gasteiger partial charge in [-0.1, -0.05) is 30.3 Å². The minimum absolute atomic E-state index is 0.0290. The van der Waals surface area contributed by atoms with Crippen LogP contribution in [-0.4, -0.2) is 42.6 Å². The van der Waals surface area contributed by atoms with Gasteiger partial charge >= 0.3 is 0 Å². The lowest BCUT2D eigenvalue weighted by molar-refractivity contribution is 0.245. The molecule has 1 saturated heterocycles. The maximum absolute atomic E-state index is 4.32. The summed E-state index contributed by atoms with van der Waals surface area (Å²) in [6, 6.07) is 11.3. The quantitative estimate of drug-likeness (QED) is 0.663. The molecule has 1 aromatic rings. The standard InChI is InChI=1S/C18H30N4/c1-18(2,3)21-17(19-4)20-13-16-11-8-12-22(16)14-15-9-6-5-7-10-15/h5-7,9-10,16H,8,11-14H2,1-4H3,(H2,19,20,21). The Labute approximate surface area is 135 Å². The maximum Gasteiger partial charge on any atom is 0.191 e. The van der Waals surface area contributed by atoms with Gasteiger partial charge in [0.1, 0.15) is 0 Å². The average molecular weight is 302 g/mol. The smallest absolute Gasteiger partial charge is 0.191 e. The van der Waals surface area contributed by atoms with Crippen LogP contribution in [0.1, 0.15) is 39.2 Å². The van der Waals surface area contributed by atoms with Crippen LogP contribution in [0.25, 0.3) is 0 Å². The molecule has 0 saturated carbocycles. The van der Waals surface area contributed by atoms with Gasteiger partial charge in [0.2, 0.25) is 0 Å². The summed E-state index contributed by atoms with van der Waals surface area (Å²) in [4.78, 5) is 6.90. The Hall–Kier alpha value is -1.55. The van der Waals surface area contributed by atoms with Gasteiger partial charge in [0.15, 0.2) is 5.96 Å². The molecule has 0 radical (unpaired) electrons. The topological polar surface area (TPSA) is 39.7 Å². The number of likely N-dealkylation sites (tertiary alicyclic amines) is 1. The Bertz CT molecular complexity index is 476. The van der Waals surface area contributed by atoms with E-state index in [1.165, 1.54) is 24.9 Å². The number of hydrogen-bond acceptors (Lipinski definition) is 2. The summed E-state index contributed by atoms with van der Waals surface area (Å²) < 4.78 is 0. The van der Waals surface area contributed by atoms with E-state index in [0.29, 0.717) is 6.04 Å². The highest BCUT2D eigenvalue weighted by Gasteiger charge is 2.24. The molecule has 0 aliphatic carbocycles. The molecule has 1 atom stereocenters. The van der Waals surface area contributed by atoms with Crippen LogP contribution in [0.5, 0.6) is 0 Å². The van der Waals surface area contributed by atoms with E-state index in [-0.39, 0.29) is 5.54 Å². The first kappa shape index (κ1) is 16.8. The third-order valence-electron chi connectivity index (χ3n) is 3.95. The predicted octanol–water partition coefficient (Wildman–Crippen LogP) is 2.61. The highest BCUT2D eigenvalue weighted by Crippen LogP contribution is 2.19. The van der Waals surface area contributed by atoms with Gasteiger partial charge in [0.25, 0.3) is 0 Å². The molecule has 4 heteroatoms. The molecule has 4 nitrogen and oxygen atoms in total. The van der Waals surface area contributed by atoms with Crippen molar-refractivity contribution in [1.82, 2.24) is 15.5 Å². The van der Waals surface area contributed by atoms with Crippen molar-refractivity contribution >= 4 is 5.96 Å². The Morgan fingerprint density at radius 2 is 2.00 bits per heavy atom. The number of nitrogens with one attached hydrogen (secondary N) is 2. The van der Waals surface area contributed by atoms with Gasteiger partial charge in [-0.25, -0.2) is 0 Å². The Balaban J connectivity index is 1.86. The van der Waals surface area contributed by atoms with Gasteiger partial charge < -0.3 is 10.6 Å². The zero-order valence-electron chi connectivity index (χ0n) is 14.4. The van der Waals surface area contributed by atoms with E-state index in [1.54, 1.807) is 0 Å². The third kappa shape index (κ3) is 5.34. The number of nitrogens with zero attached hydrogens (tertiary/aromatic N) is 2. The number of hydrogen-bond donors (Lipinski definition) is 2. The lowest BCUT2D eigenvalue weighted by Gasteiger charge is -2.28. The Morgan fingerprint density at radius 3 is 2.64 bits per heavy atom. The fraction of sp³-hybridized carbons (Fsp3) is 0.611. The van der Waals surface area contributed by atoms with E-state index >= 15 is 0 Å². The molecule has 1 heterocycles. The van der Waals surface area contributed by atoms with E-state index in [0.717, 1.165) is 19.0 Å². The summed E-state index contributed by atoms with van der Waals surface area (Å²) in [7, 11) is 1.83. The molecule has 1 fully saturated rings. The molecule has 0 spiro atoms. The number of aliphatic imine (C=N–C) groups is 1. The molecular formula is C18H30N4. The van der Waals surface area contributed by atoms with Crippen molar-refractivity contribution in [3.63, 3.8) is 0 Å². The first-order chi connectivity index (χ1) is 10.5. The molecule has 1 unspecified atom stereocenters. The molecule has 1 aromatic carbocycles. The maximum atomic E-state index is 4.32. The zero-order chi connectivity index (χ0) is 16.0. The van der Waals surface area contributed by atoms with Crippen molar-refractivity contribution in [2.24, 2.45) is 4.99 Å². The predicted molar refractivity (Wildman–Crippen MR) is 94.1 cm³/mol. The normalized spacial score (nSPS) is 20.2. The van der Waals surface area contributed by atoms with Crippen molar-refractivity contribution < 1.29 is 0 Å². The summed E-state index contributed by atoms with van der Waals surface area (Å²) in [5.74, 6) is 0.888. The zero-order valence-corrected chi connectivity index (χ0v) is 14.4. The summed E-state index contributed by atoms with van der Waals surface area (Å²) in [5.41, 5.74) is 1.42. The van der Waals surface area contributed by atoms with Gasteiger partial charge in [0.05, 0.1) is 0 Å². The van der Waals surface area contributed by atoms with Crippen LogP contribution in [-0.2, 0) is 6.54 Å². The van der Waals surface area contributed by atoms with E-state index in [9.17, 15) is 0 Å². The summed E-state index contributed by atoms with van der Waals surface area (Å²) in [6.45, 7) is 9.62. The van der Waals surface area contributed by atoms with Crippen LogP contribution >= 0.6 is 0 Å². The van der Waals surface area contributed by atoms with Crippen molar-refractivity contribution in [2.45, 2.75) is 51.7 Å². The minimum atomic E-state index is 0.0290. The van der Waals surface area contributed by atoms with Crippen molar-refractivity contribution in [3.05, 3.63) is 35.9 Å². The van der Waals surface area contributed by atoms with E-state index in [2.05, 4.69) is 71.6 Å². The van der Waals surface area contributed by atoms with Gasteiger partial charge in [-0.05, 0) is 45.7 Å². The molecule has 2 rings (SSSR count). The largest absolute Gasteiger partial charge is 0.355 e. The fourth-order valence-corrected chi connectivity index (χ4v) is 2.90. The average Bonchev–Trinajstić information content (AvgIpc) is 2.90. The van der Waals surface area contributed by atoms with E-state index < -0.39 is 0 Å². The lowest BCUT2D eigenvalue weighted by atomic mass is 10.1. The number of benzene rings is 1.